The highest BCUT2D eigenvalue weighted by molar-refractivity contribution is 6.07. The molecule has 3 rings (SSSR count). The van der Waals surface area contributed by atoms with E-state index in [0.717, 1.165) is 18.7 Å². The summed E-state index contributed by atoms with van der Waals surface area (Å²) in [5.41, 5.74) is 1.01. The molecule has 0 saturated carbocycles. The Morgan fingerprint density at radius 3 is 1.96 bits per heavy atom. The van der Waals surface area contributed by atoms with Crippen molar-refractivity contribution in [2.24, 2.45) is 11.8 Å². The van der Waals surface area contributed by atoms with E-state index in [0.29, 0.717) is 18.4 Å². The fourth-order valence-electron chi connectivity index (χ4n) is 3.83. The largest absolute Gasteiger partial charge is 0.387 e. The molecule has 0 bridgehead atoms. The summed E-state index contributed by atoms with van der Waals surface area (Å²) in [7, 11) is 0. The van der Waals surface area contributed by atoms with Crippen molar-refractivity contribution in [3.8, 4) is 0 Å². The zero-order valence-electron chi connectivity index (χ0n) is 16.4. The van der Waals surface area contributed by atoms with E-state index in [1.54, 1.807) is 0 Å². The van der Waals surface area contributed by atoms with Gasteiger partial charge in [0.1, 0.15) is 0 Å². The molecule has 0 radical (unpaired) electrons. The van der Waals surface area contributed by atoms with Gasteiger partial charge in [0, 0.05) is 19.6 Å². The van der Waals surface area contributed by atoms with Crippen LogP contribution in [0.4, 0.5) is 0 Å². The Bertz CT molecular complexity index is 858. The van der Waals surface area contributed by atoms with Gasteiger partial charge in [-0.05, 0) is 45.0 Å². The van der Waals surface area contributed by atoms with Gasteiger partial charge in [0.25, 0.3) is 0 Å². The summed E-state index contributed by atoms with van der Waals surface area (Å²) in [5, 5.41) is 15.8. The fourth-order valence-corrected chi connectivity index (χ4v) is 3.83. The van der Waals surface area contributed by atoms with E-state index in [1.807, 2.05) is 0 Å². The van der Waals surface area contributed by atoms with E-state index >= 15 is 0 Å². The number of nitrogens with zero attached hydrogens (tertiary/aromatic N) is 1. The molecule has 0 fully saturated rings. The first kappa shape index (κ1) is 18.9. The molecule has 0 saturated heterocycles. The van der Waals surface area contributed by atoms with Crippen LogP contribution in [0.5, 0.6) is 0 Å². The lowest BCUT2D eigenvalue weighted by atomic mass is 9.98. The maximum atomic E-state index is 10.9. The van der Waals surface area contributed by atoms with Crippen LogP contribution in [0.2, 0.25) is 0 Å². The molecule has 0 amide bonds. The smallest absolute Gasteiger partial charge is 0.0917 e. The van der Waals surface area contributed by atoms with Crippen LogP contribution in [-0.2, 0) is 0 Å². The molecule has 26 heavy (non-hydrogen) atoms. The molecule has 0 aliphatic rings. The normalized spacial score (nSPS) is 13.4. The third-order valence-electron chi connectivity index (χ3n) is 4.83. The van der Waals surface area contributed by atoms with Crippen LogP contribution < -0.4 is 0 Å². The Labute approximate surface area is 157 Å². The quantitative estimate of drug-likeness (QED) is 0.558. The van der Waals surface area contributed by atoms with Crippen molar-refractivity contribution in [3.05, 3.63) is 60.2 Å². The van der Waals surface area contributed by atoms with Crippen LogP contribution in [0.15, 0.2) is 54.6 Å². The lowest BCUT2D eigenvalue weighted by Gasteiger charge is -2.28. The zero-order chi connectivity index (χ0) is 18.7. The van der Waals surface area contributed by atoms with Crippen LogP contribution in [-0.4, -0.2) is 29.6 Å². The Kier molecular flexibility index (Phi) is 5.95. The van der Waals surface area contributed by atoms with Gasteiger partial charge in [-0.15, -0.1) is 0 Å². The first-order chi connectivity index (χ1) is 12.4. The Hall–Kier alpha value is -1.90. The summed E-state index contributed by atoms with van der Waals surface area (Å²) in [6, 6.07) is 19.2. The van der Waals surface area contributed by atoms with Gasteiger partial charge >= 0.3 is 0 Å². The second-order valence-electron chi connectivity index (χ2n) is 8.29. The first-order valence-electron chi connectivity index (χ1n) is 9.76. The molecule has 0 aliphatic heterocycles. The van der Waals surface area contributed by atoms with Crippen molar-refractivity contribution < 1.29 is 5.11 Å². The minimum atomic E-state index is -0.462. The van der Waals surface area contributed by atoms with Crippen LogP contribution in [0.3, 0.4) is 0 Å². The summed E-state index contributed by atoms with van der Waals surface area (Å²) in [5.74, 6) is 1.20. The molecule has 0 aromatic heterocycles. The van der Waals surface area contributed by atoms with E-state index < -0.39 is 6.10 Å². The van der Waals surface area contributed by atoms with Gasteiger partial charge in [0.15, 0.2) is 0 Å². The summed E-state index contributed by atoms with van der Waals surface area (Å²) in [6.45, 7) is 11.7. The van der Waals surface area contributed by atoms with Gasteiger partial charge in [-0.2, -0.15) is 0 Å². The Morgan fingerprint density at radius 1 is 0.731 bits per heavy atom. The summed E-state index contributed by atoms with van der Waals surface area (Å²) in [6.07, 6.45) is -0.462. The van der Waals surface area contributed by atoms with Gasteiger partial charge in [0.2, 0.25) is 0 Å². The highest BCUT2D eigenvalue weighted by Gasteiger charge is 2.16. The molecule has 1 unspecified atom stereocenters. The van der Waals surface area contributed by atoms with Crippen molar-refractivity contribution >= 4 is 21.5 Å². The zero-order valence-corrected chi connectivity index (χ0v) is 16.4. The van der Waals surface area contributed by atoms with Crippen molar-refractivity contribution in [3.63, 3.8) is 0 Å². The van der Waals surface area contributed by atoms with E-state index in [2.05, 4.69) is 87.2 Å². The Balaban J connectivity index is 1.89. The average molecular weight is 350 g/mol. The molecule has 1 atom stereocenters. The predicted molar refractivity (Wildman–Crippen MR) is 113 cm³/mol. The number of benzene rings is 3. The SMILES string of the molecule is CC(C)CN(CC(C)C)CC(O)c1ccc2ccc3ccccc3c2c1. The van der Waals surface area contributed by atoms with Gasteiger partial charge < -0.3 is 5.11 Å². The number of rotatable bonds is 7. The van der Waals surface area contributed by atoms with E-state index in [1.165, 1.54) is 21.5 Å². The van der Waals surface area contributed by atoms with E-state index in [9.17, 15) is 5.11 Å². The molecule has 3 aromatic carbocycles. The maximum absolute atomic E-state index is 10.9. The molecule has 0 spiro atoms. The first-order valence-corrected chi connectivity index (χ1v) is 9.76. The molecule has 1 N–H and O–H groups in total. The second kappa shape index (κ2) is 8.20. The molecule has 138 valence electrons. The minimum absolute atomic E-state index is 0.462. The monoisotopic (exact) mass is 349 g/mol. The van der Waals surface area contributed by atoms with E-state index in [4.69, 9.17) is 0 Å². The number of hydrogen-bond acceptors (Lipinski definition) is 2. The predicted octanol–water partition coefficient (Wildman–Crippen LogP) is 5.64. The molecule has 0 aliphatic carbocycles. The fraction of sp³-hybridized carbons (Fsp3) is 0.417. The summed E-state index contributed by atoms with van der Waals surface area (Å²) >= 11 is 0. The molecular formula is C24H31NO. The van der Waals surface area contributed by atoms with Crippen LogP contribution in [0, 0.1) is 11.8 Å². The summed E-state index contributed by atoms with van der Waals surface area (Å²) < 4.78 is 0. The third-order valence-corrected chi connectivity index (χ3v) is 4.83. The highest BCUT2D eigenvalue weighted by atomic mass is 16.3. The van der Waals surface area contributed by atoms with Crippen molar-refractivity contribution in [2.45, 2.75) is 33.8 Å². The van der Waals surface area contributed by atoms with Gasteiger partial charge in [0.05, 0.1) is 6.10 Å². The number of aliphatic hydroxyl groups excluding tert-OH is 1. The molecule has 2 nitrogen and oxygen atoms in total. The van der Waals surface area contributed by atoms with Crippen LogP contribution in [0.1, 0.15) is 39.4 Å². The number of fused-ring (bicyclic) bond motifs is 3. The highest BCUT2D eigenvalue weighted by Crippen LogP contribution is 2.28. The molecular weight excluding hydrogens is 318 g/mol. The van der Waals surface area contributed by atoms with Crippen molar-refractivity contribution in [1.29, 1.82) is 0 Å². The molecule has 3 aromatic rings. The molecule has 2 heteroatoms. The van der Waals surface area contributed by atoms with Crippen molar-refractivity contribution in [1.82, 2.24) is 4.90 Å². The van der Waals surface area contributed by atoms with Crippen molar-refractivity contribution in [2.75, 3.05) is 19.6 Å². The standard InChI is InChI=1S/C24H31NO/c1-17(2)14-25(15-18(3)4)16-24(26)21-12-11-20-10-9-19-7-5-6-8-22(19)23(20)13-21/h5-13,17-18,24,26H,14-16H2,1-4H3. The van der Waals surface area contributed by atoms with Gasteiger partial charge in [-0.1, -0.05) is 76.2 Å². The van der Waals surface area contributed by atoms with Crippen LogP contribution in [0.25, 0.3) is 21.5 Å². The van der Waals surface area contributed by atoms with Crippen LogP contribution >= 0.6 is 0 Å². The Morgan fingerprint density at radius 2 is 1.31 bits per heavy atom. The third kappa shape index (κ3) is 4.44. The van der Waals surface area contributed by atoms with Gasteiger partial charge in [-0.3, -0.25) is 4.90 Å². The maximum Gasteiger partial charge on any atom is 0.0917 e. The van der Waals surface area contributed by atoms with E-state index in [-0.39, 0.29) is 0 Å². The average Bonchev–Trinajstić information content (AvgIpc) is 2.60. The molecule has 0 heterocycles. The second-order valence-corrected chi connectivity index (χ2v) is 8.29. The lowest BCUT2D eigenvalue weighted by molar-refractivity contribution is 0.0988. The minimum Gasteiger partial charge on any atom is -0.387 e. The number of aliphatic hydroxyl groups is 1. The number of hydrogen-bond donors (Lipinski definition) is 1. The summed E-state index contributed by atoms with van der Waals surface area (Å²) in [4.78, 5) is 2.40. The topological polar surface area (TPSA) is 23.5 Å². The van der Waals surface area contributed by atoms with Gasteiger partial charge in [-0.25, -0.2) is 0 Å². The lowest BCUT2D eigenvalue weighted by Crippen LogP contribution is -2.35.